The average Bonchev–Trinajstić information content (AvgIpc) is 2.95. The molecule has 0 aliphatic heterocycles. The quantitative estimate of drug-likeness (QED) is 0.862. The third-order valence-corrected chi connectivity index (χ3v) is 3.89. The van der Waals surface area contributed by atoms with Crippen LogP contribution in [0.4, 0.5) is 0 Å². The van der Waals surface area contributed by atoms with Crippen LogP contribution in [0.5, 0.6) is 5.75 Å². The molecule has 2 N–H and O–H groups in total. The molecule has 0 radical (unpaired) electrons. The molecule has 1 aromatic rings. The summed E-state index contributed by atoms with van der Waals surface area (Å²) in [6.45, 7) is 0. The van der Waals surface area contributed by atoms with Crippen LogP contribution in [0.15, 0.2) is 6.20 Å². The monoisotopic (exact) mass is 239 g/mol. The smallest absolute Gasteiger partial charge is 0.161 e. The lowest BCUT2D eigenvalue weighted by Crippen LogP contribution is -2.41. The largest absolute Gasteiger partial charge is 0.493 e. The first-order valence-corrected chi connectivity index (χ1v) is 6.01. The van der Waals surface area contributed by atoms with Gasteiger partial charge in [0.1, 0.15) is 0 Å². The van der Waals surface area contributed by atoms with Gasteiger partial charge in [-0.05, 0) is 12.8 Å². The Bertz CT molecular complexity index is 383. The van der Waals surface area contributed by atoms with Crippen molar-refractivity contribution in [3.05, 3.63) is 11.9 Å². The lowest BCUT2D eigenvalue weighted by Gasteiger charge is -2.34. The zero-order valence-corrected chi connectivity index (χ0v) is 10.8. The van der Waals surface area contributed by atoms with Gasteiger partial charge in [-0.2, -0.15) is 5.10 Å². The summed E-state index contributed by atoms with van der Waals surface area (Å²) in [7, 11) is 5.27. The number of hydrogen-bond acceptors (Lipinski definition) is 4. The molecule has 1 aliphatic rings. The Kier molecular flexibility index (Phi) is 3.40. The molecule has 0 saturated heterocycles. The summed E-state index contributed by atoms with van der Waals surface area (Å²) < 4.78 is 12.8. The van der Waals surface area contributed by atoms with E-state index in [0.717, 1.165) is 24.3 Å². The highest BCUT2D eigenvalue weighted by Crippen LogP contribution is 2.43. The Hall–Kier alpha value is -1.07. The first-order valence-electron chi connectivity index (χ1n) is 6.01. The lowest BCUT2D eigenvalue weighted by molar-refractivity contribution is -0.0287. The van der Waals surface area contributed by atoms with E-state index in [4.69, 9.17) is 15.2 Å². The van der Waals surface area contributed by atoms with Gasteiger partial charge in [0, 0.05) is 14.2 Å². The van der Waals surface area contributed by atoms with Crippen LogP contribution in [0.25, 0.3) is 0 Å². The van der Waals surface area contributed by atoms with E-state index in [-0.39, 0.29) is 11.6 Å². The summed E-state index contributed by atoms with van der Waals surface area (Å²) >= 11 is 0. The van der Waals surface area contributed by atoms with Crippen LogP contribution in [0, 0.1) is 0 Å². The number of aryl methyl sites for hydroxylation is 1. The fourth-order valence-corrected chi connectivity index (χ4v) is 2.80. The number of rotatable bonds is 4. The molecule has 1 saturated carbocycles. The number of hydrogen-bond donors (Lipinski definition) is 1. The van der Waals surface area contributed by atoms with Gasteiger partial charge in [0.2, 0.25) is 0 Å². The van der Waals surface area contributed by atoms with Crippen molar-refractivity contribution >= 4 is 0 Å². The predicted octanol–water partition coefficient (Wildman–Crippen LogP) is 1.39. The van der Waals surface area contributed by atoms with E-state index in [1.165, 1.54) is 12.8 Å². The van der Waals surface area contributed by atoms with Gasteiger partial charge in [0.05, 0.1) is 30.6 Å². The van der Waals surface area contributed by atoms with E-state index in [1.54, 1.807) is 25.1 Å². The van der Waals surface area contributed by atoms with E-state index >= 15 is 0 Å². The van der Waals surface area contributed by atoms with Crippen molar-refractivity contribution in [1.82, 2.24) is 9.78 Å². The first kappa shape index (κ1) is 12.4. The van der Waals surface area contributed by atoms with Crippen molar-refractivity contribution in [2.45, 2.75) is 37.3 Å². The highest BCUT2D eigenvalue weighted by molar-refractivity contribution is 5.30. The second-order valence-corrected chi connectivity index (χ2v) is 4.68. The molecule has 17 heavy (non-hydrogen) atoms. The zero-order chi connectivity index (χ0) is 12.5. The molecule has 1 aromatic heterocycles. The van der Waals surface area contributed by atoms with Crippen LogP contribution >= 0.6 is 0 Å². The van der Waals surface area contributed by atoms with Crippen LogP contribution in [0.1, 0.15) is 37.4 Å². The maximum atomic E-state index is 6.40. The third-order valence-electron chi connectivity index (χ3n) is 3.89. The van der Waals surface area contributed by atoms with Crippen molar-refractivity contribution in [2.24, 2.45) is 12.8 Å². The molecular formula is C12H21N3O2. The zero-order valence-electron chi connectivity index (χ0n) is 10.8. The van der Waals surface area contributed by atoms with Crippen molar-refractivity contribution < 1.29 is 9.47 Å². The molecule has 5 nitrogen and oxygen atoms in total. The Labute approximate surface area is 102 Å². The maximum absolute atomic E-state index is 6.40. The molecule has 1 atom stereocenters. The maximum Gasteiger partial charge on any atom is 0.161 e. The van der Waals surface area contributed by atoms with Gasteiger partial charge in [-0.1, -0.05) is 12.8 Å². The Morgan fingerprint density at radius 2 is 2.06 bits per heavy atom. The predicted molar refractivity (Wildman–Crippen MR) is 64.9 cm³/mol. The first-order chi connectivity index (χ1) is 8.14. The van der Waals surface area contributed by atoms with Crippen molar-refractivity contribution in [3.63, 3.8) is 0 Å². The van der Waals surface area contributed by atoms with Gasteiger partial charge < -0.3 is 15.2 Å². The van der Waals surface area contributed by atoms with Gasteiger partial charge >= 0.3 is 0 Å². The third kappa shape index (κ3) is 1.93. The number of nitrogens with two attached hydrogens (primary N) is 1. The van der Waals surface area contributed by atoms with Gasteiger partial charge in [0.25, 0.3) is 0 Å². The van der Waals surface area contributed by atoms with Crippen molar-refractivity contribution in [3.8, 4) is 5.75 Å². The Morgan fingerprint density at radius 1 is 1.41 bits per heavy atom. The molecule has 0 bridgehead atoms. The van der Waals surface area contributed by atoms with E-state index in [9.17, 15) is 0 Å². The van der Waals surface area contributed by atoms with Gasteiger partial charge in [0.15, 0.2) is 5.75 Å². The van der Waals surface area contributed by atoms with E-state index in [1.807, 2.05) is 7.05 Å². The normalized spacial score (nSPS) is 20.5. The summed E-state index contributed by atoms with van der Waals surface area (Å²) in [6.07, 6.45) is 6.04. The van der Waals surface area contributed by atoms with E-state index in [0.29, 0.717) is 0 Å². The minimum Gasteiger partial charge on any atom is -0.493 e. The molecule has 0 spiro atoms. The standard InChI is InChI=1S/C12H21N3O2/c1-15-10(9(16-2)8-14-15)11(13)12(17-3)6-4-5-7-12/h8,11H,4-7,13H2,1-3H3. The molecule has 1 heterocycles. The Morgan fingerprint density at radius 3 is 2.59 bits per heavy atom. The van der Waals surface area contributed by atoms with Crippen LogP contribution in [0.3, 0.4) is 0 Å². The molecule has 0 aromatic carbocycles. The van der Waals surface area contributed by atoms with Crippen LogP contribution in [-0.2, 0) is 11.8 Å². The topological polar surface area (TPSA) is 62.3 Å². The molecule has 2 rings (SSSR count). The van der Waals surface area contributed by atoms with Crippen LogP contribution in [-0.4, -0.2) is 29.6 Å². The Balaban J connectivity index is 2.35. The summed E-state index contributed by atoms with van der Waals surface area (Å²) in [5, 5.41) is 4.20. The van der Waals surface area contributed by atoms with Crippen molar-refractivity contribution in [1.29, 1.82) is 0 Å². The summed E-state index contributed by atoms with van der Waals surface area (Å²) in [5.41, 5.74) is 7.05. The molecule has 1 unspecified atom stereocenters. The average molecular weight is 239 g/mol. The van der Waals surface area contributed by atoms with Gasteiger partial charge in [-0.25, -0.2) is 0 Å². The summed E-state index contributed by atoms with van der Waals surface area (Å²) in [5.74, 6) is 0.739. The number of ether oxygens (including phenoxy) is 2. The minimum absolute atomic E-state index is 0.197. The summed E-state index contributed by atoms with van der Waals surface area (Å²) in [6, 6.07) is -0.197. The molecule has 1 aliphatic carbocycles. The molecule has 96 valence electrons. The second-order valence-electron chi connectivity index (χ2n) is 4.68. The molecular weight excluding hydrogens is 218 g/mol. The summed E-state index contributed by atoms with van der Waals surface area (Å²) in [4.78, 5) is 0. The number of methoxy groups -OCH3 is 2. The number of nitrogens with zero attached hydrogens (tertiary/aromatic N) is 2. The SMILES string of the molecule is COc1cnn(C)c1C(N)C1(OC)CCCC1. The molecule has 0 amide bonds. The van der Waals surface area contributed by atoms with Gasteiger partial charge in [-0.3, -0.25) is 4.68 Å². The highest BCUT2D eigenvalue weighted by Gasteiger charge is 2.42. The fourth-order valence-electron chi connectivity index (χ4n) is 2.80. The fraction of sp³-hybridized carbons (Fsp3) is 0.750. The van der Waals surface area contributed by atoms with Gasteiger partial charge in [-0.15, -0.1) is 0 Å². The molecule has 1 fully saturated rings. The minimum atomic E-state index is -0.263. The highest BCUT2D eigenvalue weighted by atomic mass is 16.5. The van der Waals surface area contributed by atoms with E-state index < -0.39 is 0 Å². The number of aromatic nitrogens is 2. The lowest BCUT2D eigenvalue weighted by atomic mass is 9.90. The van der Waals surface area contributed by atoms with Crippen LogP contribution < -0.4 is 10.5 Å². The van der Waals surface area contributed by atoms with Crippen molar-refractivity contribution in [2.75, 3.05) is 14.2 Å². The second kappa shape index (κ2) is 4.66. The van der Waals surface area contributed by atoms with E-state index in [2.05, 4.69) is 5.10 Å². The molecule has 5 heteroatoms. The van der Waals surface area contributed by atoms with Crippen LogP contribution in [0.2, 0.25) is 0 Å².